The lowest BCUT2D eigenvalue weighted by Gasteiger charge is -2.47. The highest BCUT2D eigenvalue weighted by molar-refractivity contribution is 4.96. The minimum Gasteiger partial charge on any atom is -0.309 e. The van der Waals surface area contributed by atoms with Crippen LogP contribution in [0.3, 0.4) is 0 Å². The Bertz CT molecular complexity index is 86.7. The third kappa shape index (κ3) is 0.565. The minimum atomic E-state index is 0.832. The van der Waals surface area contributed by atoms with E-state index >= 15 is 0 Å². The third-order valence-electron chi connectivity index (χ3n) is 2.10. The smallest absolute Gasteiger partial charge is 0.0213 e. The van der Waals surface area contributed by atoms with Gasteiger partial charge in [0, 0.05) is 25.2 Å². The molecule has 3 saturated heterocycles. The van der Waals surface area contributed by atoms with Gasteiger partial charge >= 0.3 is 0 Å². The SMILES string of the molecule is CN1C[C@@H]2C[C@@H](C1)N2. The van der Waals surface area contributed by atoms with Gasteiger partial charge in [0.15, 0.2) is 0 Å². The standard InChI is InChI=1S/C6H12N2/c1-8-3-5-2-6(4-8)7-5/h5-7H,2-4H2,1H3/t5-,6-/m0/s1. The molecule has 3 heterocycles. The Labute approximate surface area is 49.9 Å². The fourth-order valence-electron chi connectivity index (χ4n) is 1.73. The number of likely N-dealkylation sites (N-methyl/N-ethyl adjacent to an activating group) is 1. The van der Waals surface area contributed by atoms with E-state index in [1.807, 2.05) is 0 Å². The molecule has 8 heavy (non-hydrogen) atoms. The van der Waals surface area contributed by atoms with E-state index in [0.717, 1.165) is 12.1 Å². The van der Waals surface area contributed by atoms with Crippen molar-refractivity contribution in [1.29, 1.82) is 0 Å². The zero-order chi connectivity index (χ0) is 5.56. The second-order valence-electron chi connectivity index (χ2n) is 3.02. The van der Waals surface area contributed by atoms with Gasteiger partial charge < -0.3 is 10.2 Å². The molecule has 2 atom stereocenters. The molecule has 1 N–H and O–H groups in total. The molecule has 46 valence electrons. The fraction of sp³-hybridized carbons (Fsp3) is 1.00. The van der Waals surface area contributed by atoms with E-state index in [0.29, 0.717) is 0 Å². The molecule has 3 fully saturated rings. The highest BCUT2D eigenvalue weighted by Crippen LogP contribution is 2.18. The minimum absolute atomic E-state index is 0.832. The van der Waals surface area contributed by atoms with Gasteiger partial charge in [-0.25, -0.2) is 0 Å². The van der Waals surface area contributed by atoms with Gasteiger partial charge in [0.2, 0.25) is 0 Å². The summed E-state index contributed by atoms with van der Waals surface area (Å²) < 4.78 is 0. The largest absolute Gasteiger partial charge is 0.309 e. The maximum Gasteiger partial charge on any atom is 0.0213 e. The lowest BCUT2D eigenvalue weighted by molar-refractivity contribution is 0.0984. The van der Waals surface area contributed by atoms with E-state index in [9.17, 15) is 0 Å². The first kappa shape index (κ1) is 4.77. The van der Waals surface area contributed by atoms with E-state index in [1.165, 1.54) is 19.5 Å². The Hall–Kier alpha value is -0.0800. The third-order valence-corrected chi connectivity index (χ3v) is 2.10. The van der Waals surface area contributed by atoms with Crippen LogP contribution in [0.15, 0.2) is 0 Å². The first-order valence-corrected chi connectivity index (χ1v) is 3.29. The van der Waals surface area contributed by atoms with Crippen molar-refractivity contribution in [3.05, 3.63) is 0 Å². The predicted octanol–water partition coefficient (Wildman–Crippen LogP) is -0.338. The number of rotatable bonds is 0. The Morgan fingerprint density at radius 1 is 1.38 bits per heavy atom. The van der Waals surface area contributed by atoms with Gasteiger partial charge in [0.05, 0.1) is 0 Å². The molecular weight excluding hydrogens is 100 g/mol. The van der Waals surface area contributed by atoms with Crippen LogP contribution in [0.25, 0.3) is 0 Å². The van der Waals surface area contributed by atoms with E-state index in [4.69, 9.17) is 0 Å². The molecule has 0 aliphatic carbocycles. The molecule has 0 unspecified atom stereocenters. The number of hydrogen-bond acceptors (Lipinski definition) is 2. The molecule has 0 spiro atoms. The Balaban J connectivity index is 1.97. The Kier molecular flexibility index (Phi) is 0.866. The summed E-state index contributed by atoms with van der Waals surface area (Å²) in [6.07, 6.45) is 1.42. The number of fused-ring (bicyclic) bond motifs is 2. The Morgan fingerprint density at radius 2 is 1.88 bits per heavy atom. The summed E-state index contributed by atoms with van der Waals surface area (Å²) in [6.45, 7) is 2.52. The summed E-state index contributed by atoms with van der Waals surface area (Å²) in [5.41, 5.74) is 0. The van der Waals surface area contributed by atoms with Crippen LogP contribution in [0.4, 0.5) is 0 Å². The summed E-state index contributed by atoms with van der Waals surface area (Å²) in [6, 6.07) is 1.66. The molecule has 0 aromatic heterocycles. The molecule has 0 aromatic rings. The van der Waals surface area contributed by atoms with Crippen molar-refractivity contribution in [3.63, 3.8) is 0 Å². The average molecular weight is 112 g/mol. The summed E-state index contributed by atoms with van der Waals surface area (Å²) in [7, 11) is 2.19. The van der Waals surface area contributed by atoms with Crippen LogP contribution in [0, 0.1) is 0 Å². The van der Waals surface area contributed by atoms with Crippen LogP contribution in [-0.2, 0) is 0 Å². The van der Waals surface area contributed by atoms with Crippen LogP contribution in [-0.4, -0.2) is 37.1 Å². The average Bonchev–Trinajstić information content (AvgIpc) is 1.62. The van der Waals surface area contributed by atoms with Crippen LogP contribution in [0.1, 0.15) is 6.42 Å². The van der Waals surface area contributed by atoms with Crippen LogP contribution in [0.2, 0.25) is 0 Å². The molecule has 2 heteroatoms. The first-order valence-electron chi connectivity index (χ1n) is 3.29. The van der Waals surface area contributed by atoms with E-state index in [-0.39, 0.29) is 0 Å². The van der Waals surface area contributed by atoms with Crippen molar-refractivity contribution >= 4 is 0 Å². The normalized spacial score (nSPS) is 46.1. The highest BCUT2D eigenvalue weighted by Gasteiger charge is 2.34. The van der Waals surface area contributed by atoms with Gasteiger partial charge in [0.25, 0.3) is 0 Å². The summed E-state index contributed by atoms with van der Waals surface area (Å²) in [5.74, 6) is 0. The van der Waals surface area contributed by atoms with Crippen molar-refractivity contribution in [2.45, 2.75) is 18.5 Å². The molecule has 3 aliphatic rings. The monoisotopic (exact) mass is 112 g/mol. The molecule has 3 aliphatic heterocycles. The topological polar surface area (TPSA) is 15.3 Å². The van der Waals surface area contributed by atoms with Gasteiger partial charge in [-0.2, -0.15) is 0 Å². The number of piperidine rings is 1. The van der Waals surface area contributed by atoms with Crippen LogP contribution in [0.5, 0.6) is 0 Å². The molecule has 0 aromatic carbocycles. The number of hydrogen-bond donors (Lipinski definition) is 1. The van der Waals surface area contributed by atoms with Gasteiger partial charge in [-0.1, -0.05) is 0 Å². The van der Waals surface area contributed by atoms with Crippen molar-refractivity contribution in [1.82, 2.24) is 10.2 Å². The van der Waals surface area contributed by atoms with E-state index in [2.05, 4.69) is 17.3 Å². The number of piperazine rings is 1. The fourth-order valence-corrected chi connectivity index (χ4v) is 1.73. The van der Waals surface area contributed by atoms with Gasteiger partial charge in [-0.15, -0.1) is 0 Å². The molecule has 2 bridgehead atoms. The Morgan fingerprint density at radius 3 is 2.12 bits per heavy atom. The second-order valence-corrected chi connectivity index (χ2v) is 3.02. The summed E-state index contributed by atoms with van der Waals surface area (Å²) >= 11 is 0. The molecule has 0 saturated carbocycles. The zero-order valence-electron chi connectivity index (χ0n) is 5.22. The predicted molar refractivity (Wildman–Crippen MR) is 32.8 cm³/mol. The molecule has 0 amide bonds. The quantitative estimate of drug-likeness (QED) is 0.461. The first-order chi connectivity index (χ1) is 3.84. The van der Waals surface area contributed by atoms with Crippen molar-refractivity contribution in [3.8, 4) is 0 Å². The zero-order valence-corrected chi connectivity index (χ0v) is 5.22. The molecular formula is C6H12N2. The molecule has 3 rings (SSSR count). The summed E-state index contributed by atoms with van der Waals surface area (Å²) in [4.78, 5) is 2.40. The number of nitrogens with one attached hydrogen (secondary N) is 1. The van der Waals surface area contributed by atoms with Crippen LogP contribution < -0.4 is 5.32 Å². The van der Waals surface area contributed by atoms with E-state index in [1.54, 1.807) is 0 Å². The molecule has 0 radical (unpaired) electrons. The lowest BCUT2D eigenvalue weighted by Crippen LogP contribution is -2.65. The van der Waals surface area contributed by atoms with Gasteiger partial charge in [-0.3, -0.25) is 0 Å². The van der Waals surface area contributed by atoms with Gasteiger partial charge in [0.1, 0.15) is 0 Å². The van der Waals surface area contributed by atoms with Crippen LogP contribution >= 0.6 is 0 Å². The van der Waals surface area contributed by atoms with Crippen molar-refractivity contribution < 1.29 is 0 Å². The van der Waals surface area contributed by atoms with Crippen molar-refractivity contribution in [2.24, 2.45) is 0 Å². The van der Waals surface area contributed by atoms with E-state index < -0.39 is 0 Å². The second kappa shape index (κ2) is 1.45. The highest BCUT2D eigenvalue weighted by atomic mass is 15.2. The maximum absolute atomic E-state index is 3.47. The maximum atomic E-state index is 3.47. The number of nitrogens with zero attached hydrogens (tertiary/aromatic N) is 1. The van der Waals surface area contributed by atoms with Crippen molar-refractivity contribution in [2.75, 3.05) is 20.1 Å². The van der Waals surface area contributed by atoms with Gasteiger partial charge in [-0.05, 0) is 13.5 Å². The molecule has 2 nitrogen and oxygen atoms in total. The lowest BCUT2D eigenvalue weighted by atomic mass is 9.92. The summed E-state index contributed by atoms with van der Waals surface area (Å²) in [5, 5.41) is 3.47.